The Bertz CT molecular complexity index is 867. The summed E-state index contributed by atoms with van der Waals surface area (Å²) < 4.78 is 38.0. The highest BCUT2D eigenvalue weighted by molar-refractivity contribution is 7.89. The summed E-state index contributed by atoms with van der Waals surface area (Å²) in [5, 5.41) is 5.56. The van der Waals surface area contributed by atoms with E-state index < -0.39 is 10.0 Å². The molecule has 0 aliphatic carbocycles. The summed E-state index contributed by atoms with van der Waals surface area (Å²) in [6.45, 7) is 0.976. The van der Waals surface area contributed by atoms with E-state index in [0.717, 1.165) is 24.0 Å². The molecule has 0 heterocycles. The standard InChI is InChI=1S/C20H26FN3O3S/c1-24(2)28(26,27)19-11-7-17(8-12-19)13-15-23-20(25)22-14-3-4-16-5-9-18(21)10-6-16/h5-12H,3-4,13-15H2,1-2H3,(H2,22,23,25). The SMILES string of the molecule is CN(C)S(=O)(=O)c1ccc(CCNC(=O)NCCCc2ccc(F)cc2)cc1. The van der Waals surface area contributed by atoms with E-state index in [2.05, 4.69) is 10.6 Å². The molecular formula is C20H26FN3O3S. The molecule has 6 nitrogen and oxygen atoms in total. The van der Waals surface area contributed by atoms with E-state index in [4.69, 9.17) is 0 Å². The lowest BCUT2D eigenvalue weighted by molar-refractivity contribution is 0.241. The van der Waals surface area contributed by atoms with Gasteiger partial charge in [-0.3, -0.25) is 0 Å². The Labute approximate surface area is 165 Å². The molecule has 0 saturated carbocycles. The van der Waals surface area contributed by atoms with Gasteiger partial charge in [-0.2, -0.15) is 0 Å². The van der Waals surface area contributed by atoms with Crippen molar-refractivity contribution in [1.82, 2.24) is 14.9 Å². The second kappa shape index (κ2) is 10.2. The van der Waals surface area contributed by atoms with Crippen molar-refractivity contribution in [3.05, 3.63) is 65.5 Å². The first-order valence-corrected chi connectivity index (χ1v) is 10.5. The molecule has 0 bridgehead atoms. The van der Waals surface area contributed by atoms with Gasteiger partial charge in [-0.15, -0.1) is 0 Å². The molecule has 0 spiro atoms. The molecule has 2 amide bonds. The van der Waals surface area contributed by atoms with Gasteiger partial charge in [0.05, 0.1) is 4.90 Å². The summed E-state index contributed by atoms with van der Waals surface area (Å²) in [5.41, 5.74) is 1.97. The summed E-state index contributed by atoms with van der Waals surface area (Å²) in [4.78, 5) is 12.0. The van der Waals surface area contributed by atoms with Crippen LogP contribution in [0.1, 0.15) is 17.5 Å². The lowest BCUT2D eigenvalue weighted by atomic mass is 10.1. The zero-order chi connectivity index (χ0) is 20.6. The molecule has 0 aliphatic heterocycles. The Morgan fingerprint density at radius 1 is 0.893 bits per heavy atom. The Hall–Kier alpha value is -2.45. The Morgan fingerprint density at radius 2 is 1.43 bits per heavy atom. The zero-order valence-electron chi connectivity index (χ0n) is 16.1. The fourth-order valence-electron chi connectivity index (χ4n) is 2.57. The van der Waals surface area contributed by atoms with E-state index in [0.29, 0.717) is 19.5 Å². The number of urea groups is 1. The number of nitrogens with zero attached hydrogens (tertiary/aromatic N) is 1. The number of sulfonamides is 1. The van der Waals surface area contributed by atoms with E-state index >= 15 is 0 Å². The summed E-state index contributed by atoms with van der Waals surface area (Å²) >= 11 is 0. The predicted octanol–water partition coefficient (Wildman–Crippen LogP) is 2.55. The first kappa shape index (κ1) is 21.8. The number of aryl methyl sites for hydroxylation is 1. The quantitative estimate of drug-likeness (QED) is 0.627. The Balaban J connectivity index is 1.66. The van der Waals surface area contributed by atoms with E-state index in [1.54, 1.807) is 36.4 Å². The molecule has 28 heavy (non-hydrogen) atoms. The maximum atomic E-state index is 12.8. The van der Waals surface area contributed by atoms with Crippen LogP contribution in [-0.4, -0.2) is 45.9 Å². The number of rotatable bonds is 9. The van der Waals surface area contributed by atoms with E-state index in [9.17, 15) is 17.6 Å². The second-order valence-electron chi connectivity index (χ2n) is 6.59. The fourth-order valence-corrected chi connectivity index (χ4v) is 3.47. The number of hydrogen-bond donors (Lipinski definition) is 2. The van der Waals surface area contributed by atoms with Crippen molar-refractivity contribution in [2.75, 3.05) is 27.2 Å². The molecule has 2 aromatic carbocycles. The van der Waals surface area contributed by atoms with Crippen molar-refractivity contribution in [2.45, 2.75) is 24.2 Å². The first-order valence-electron chi connectivity index (χ1n) is 9.06. The van der Waals surface area contributed by atoms with Crippen LogP contribution >= 0.6 is 0 Å². The maximum absolute atomic E-state index is 12.8. The molecule has 8 heteroatoms. The third kappa shape index (κ3) is 6.61. The van der Waals surface area contributed by atoms with Gasteiger partial charge in [0.25, 0.3) is 0 Å². The maximum Gasteiger partial charge on any atom is 0.314 e. The molecule has 0 radical (unpaired) electrons. The fraction of sp³-hybridized carbons (Fsp3) is 0.350. The topological polar surface area (TPSA) is 78.5 Å². The molecule has 0 saturated heterocycles. The second-order valence-corrected chi connectivity index (χ2v) is 8.75. The largest absolute Gasteiger partial charge is 0.338 e. The molecule has 0 aromatic heterocycles. The molecule has 2 aromatic rings. The molecule has 2 rings (SSSR count). The van der Waals surface area contributed by atoms with Gasteiger partial charge >= 0.3 is 6.03 Å². The summed E-state index contributed by atoms with van der Waals surface area (Å²) in [6.07, 6.45) is 2.13. The molecular weight excluding hydrogens is 381 g/mol. The highest BCUT2D eigenvalue weighted by Crippen LogP contribution is 2.14. The van der Waals surface area contributed by atoms with Crippen LogP contribution in [0, 0.1) is 5.82 Å². The van der Waals surface area contributed by atoms with Gasteiger partial charge in [0, 0.05) is 27.2 Å². The number of nitrogens with one attached hydrogen (secondary N) is 2. The van der Waals surface area contributed by atoms with E-state index in [1.165, 1.54) is 30.5 Å². The minimum Gasteiger partial charge on any atom is -0.338 e. The first-order chi connectivity index (χ1) is 13.3. The monoisotopic (exact) mass is 407 g/mol. The highest BCUT2D eigenvalue weighted by atomic mass is 32.2. The van der Waals surface area contributed by atoms with Crippen molar-refractivity contribution in [1.29, 1.82) is 0 Å². The lowest BCUT2D eigenvalue weighted by Gasteiger charge is -2.12. The van der Waals surface area contributed by atoms with Crippen LogP contribution in [0.3, 0.4) is 0 Å². The molecule has 152 valence electrons. The van der Waals surface area contributed by atoms with Gasteiger partial charge in [0.2, 0.25) is 10.0 Å². The number of carbonyl (C=O) groups is 1. The van der Waals surface area contributed by atoms with Crippen LogP contribution in [0.25, 0.3) is 0 Å². The number of carbonyl (C=O) groups excluding carboxylic acids is 1. The van der Waals surface area contributed by atoms with Crippen molar-refractivity contribution in [2.24, 2.45) is 0 Å². The summed E-state index contributed by atoms with van der Waals surface area (Å²) in [7, 11) is -0.445. The molecule has 0 aliphatic rings. The third-order valence-electron chi connectivity index (χ3n) is 4.24. The third-order valence-corrected chi connectivity index (χ3v) is 6.07. The van der Waals surface area contributed by atoms with Crippen LogP contribution in [0.15, 0.2) is 53.4 Å². The van der Waals surface area contributed by atoms with Crippen LogP contribution < -0.4 is 10.6 Å². The molecule has 0 unspecified atom stereocenters. The van der Waals surface area contributed by atoms with Gasteiger partial charge in [-0.25, -0.2) is 21.9 Å². The smallest absolute Gasteiger partial charge is 0.314 e. The van der Waals surface area contributed by atoms with E-state index in [-0.39, 0.29) is 16.7 Å². The van der Waals surface area contributed by atoms with Crippen LogP contribution in [-0.2, 0) is 22.9 Å². The van der Waals surface area contributed by atoms with Crippen molar-refractivity contribution < 1.29 is 17.6 Å². The predicted molar refractivity (Wildman–Crippen MR) is 107 cm³/mol. The van der Waals surface area contributed by atoms with Crippen LogP contribution in [0.2, 0.25) is 0 Å². The van der Waals surface area contributed by atoms with Crippen molar-refractivity contribution in [3.8, 4) is 0 Å². The normalized spacial score (nSPS) is 11.4. The van der Waals surface area contributed by atoms with E-state index in [1.807, 2.05) is 0 Å². The van der Waals surface area contributed by atoms with Gasteiger partial charge in [-0.1, -0.05) is 24.3 Å². The van der Waals surface area contributed by atoms with Crippen molar-refractivity contribution >= 4 is 16.1 Å². The molecule has 2 N–H and O–H groups in total. The van der Waals surface area contributed by atoms with Gasteiger partial charge in [-0.05, 0) is 54.7 Å². The van der Waals surface area contributed by atoms with Gasteiger partial charge < -0.3 is 10.6 Å². The van der Waals surface area contributed by atoms with Crippen molar-refractivity contribution in [3.63, 3.8) is 0 Å². The molecule has 0 fully saturated rings. The number of hydrogen-bond acceptors (Lipinski definition) is 3. The number of halogens is 1. The summed E-state index contributed by atoms with van der Waals surface area (Å²) in [5.74, 6) is -0.254. The minimum atomic E-state index is -3.43. The highest BCUT2D eigenvalue weighted by Gasteiger charge is 2.16. The van der Waals surface area contributed by atoms with Crippen LogP contribution in [0.4, 0.5) is 9.18 Å². The number of amides is 2. The Kier molecular flexibility index (Phi) is 7.95. The van der Waals surface area contributed by atoms with Crippen LogP contribution in [0.5, 0.6) is 0 Å². The van der Waals surface area contributed by atoms with Gasteiger partial charge in [0.1, 0.15) is 5.82 Å². The zero-order valence-corrected chi connectivity index (χ0v) is 16.9. The molecule has 0 atom stereocenters. The average Bonchev–Trinajstić information content (AvgIpc) is 2.67. The van der Waals surface area contributed by atoms with Gasteiger partial charge in [0.15, 0.2) is 0 Å². The number of benzene rings is 2. The summed E-state index contributed by atoms with van der Waals surface area (Å²) in [6, 6.07) is 12.7. The Morgan fingerprint density at radius 3 is 2.04 bits per heavy atom. The lowest BCUT2D eigenvalue weighted by Crippen LogP contribution is -2.37. The minimum absolute atomic E-state index is 0.244. The average molecular weight is 408 g/mol.